The lowest BCUT2D eigenvalue weighted by molar-refractivity contribution is 0.825. The molecule has 3 aliphatic rings. The summed E-state index contributed by atoms with van der Waals surface area (Å²) >= 11 is 0. The van der Waals surface area contributed by atoms with Gasteiger partial charge in [0.2, 0.25) is 23.8 Å². The van der Waals surface area contributed by atoms with Gasteiger partial charge in [-0.1, -0.05) is 84.9 Å². The van der Waals surface area contributed by atoms with Crippen LogP contribution in [0.25, 0.3) is 0 Å². The van der Waals surface area contributed by atoms with Crippen molar-refractivity contribution in [2.75, 3.05) is 4.90 Å². The lowest BCUT2D eigenvalue weighted by Gasteiger charge is -2.33. The van der Waals surface area contributed by atoms with Gasteiger partial charge >= 0.3 is 0 Å². The first kappa shape index (κ1) is 23.6. The third kappa shape index (κ3) is 4.12. The summed E-state index contributed by atoms with van der Waals surface area (Å²) in [6, 6.07) is 36.1. The van der Waals surface area contributed by atoms with E-state index in [0.29, 0.717) is 35.5 Å². The number of aryl methyl sites for hydroxylation is 2. The Morgan fingerprint density at radius 2 is 0.875 bits per heavy atom. The maximum absolute atomic E-state index is 4.96. The Labute approximate surface area is 231 Å². The molecule has 40 heavy (non-hydrogen) atoms. The van der Waals surface area contributed by atoms with Gasteiger partial charge in [-0.25, -0.2) is 4.90 Å². The molecule has 4 aromatic rings. The van der Waals surface area contributed by atoms with Gasteiger partial charge in [0.1, 0.15) is 0 Å². The number of benzene rings is 4. The molecule has 0 spiro atoms. The molecule has 0 radical (unpaired) electrons. The standard InChI is InChI=1S/C32H24N8/c1-21-13-9-11-19-25(21)27-33-29-34-28(26-20-12-10-14-22(26)2)36-31-38-32(37-30(35-27)40(29)31)39(23-15-5-3-6-16-23)24-17-7-4-8-18-24/h3-20H,1-2H3. The molecule has 0 saturated heterocycles. The van der Waals surface area contributed by atoms with Crippen molar-refractivity contribution >= 4 is 46.9 Å². The molecule has 4 aromatic carbocycles. The van der Waals surface area contributed by atoms with Crippen LogP contribution < -0.4 is 4.90 Å². The van der Waals surface area contributed by atoms with E-state index in [9.17, 15) is 0 Å². The van der Waals surface area contributed by atoms with Crippen LogP contribution in [0.15, 0.2) is 139 Å². The molecule has 0 atom stereocenters. The fourth-order valence-corrected chi connectivity index (χ4v) is 4.80. The van der Waals surface area contributed by atoms with Gasteiger partial charge < -0.3 is 0 Å². The topological polar surface area (TPSA) is 80.6 Å². The Balaban J connectivity index is 1.46. The highest BCUT2D eigenvalue weighted by Crippen LogP contribution is 2.29. The van der Waals surface area contributed by atoms with Gasteiger partial charge in [-0.15, -0.1) is 0 Å². The van der Waals surface area contributed by atoms with E-state index in [4.69, 9.17) is 30.0 Å². The van der Waals surface area contributed by atoms with E-state index in [0.717, 1.165) is 33.6 Å². The van der Waals surface area contributed by atoms with Crippen molar-refractivity contribution in [2.24, 2.45) is 30.0 Å². The lowest BCUT2D eigenvalue weighted by atomic mass is 10.1. The van der Waals surface area contributed by atoms with Crippen LogP contribution in [0.2, 0.25) is 0 Å². The summed E-state index contributed by atoms with van der Waals surface area (Å²) < 4.78 is 0. The maximum atomic E-state index is 4.96. The fourth-order valence-electron chi connectivity index (χ4n) is 4.80. The number of hydrogen-bond donors (Lipinski definition) is 0. The molecule has 8 heteroatoms. The van der Waals surface area contributed by atoms with Crippen LogP contribution in [0.5, 0.6) is 0 Å². The smallest absolute Gasteiger partial charge is 0.244 e. The van der Waals surface area contributed by atoms with E-state index in [2.05, 4.69) is 0 Å². The number of hydrogen-bond acceptors (Lipinski definition) is 8. The molecule has 0 aliphatic carbocycles. The van der Waals surface area contributed by atoms with Crippen molar-refractivity contribution in [3.05, 3.63) is 131 Å². The number of aliphatic imine (C=N–C) groups is 6. The summed E-state index contributed by atoms with van der Waals surface area (Å²) in [5.41, 5.74) is 5.80. The second kappa shape index (κ2) is 9.67. The Bertz CT molecular complexity index is 1730. The van der Waals surface area contributed by atoms with Crippen LogP contribution >= 0.6 is 0 Å². The maximum Gasteiger partial charge on any atom is 0.244 e. The van der Waals surface area contributed by atoms with E-state index >= 15 is 0 Å². The number of nitrogens with zero attached hydrogens (tertiary/aromatic N) is 8. The van der Waals surface area contributed by atoms with E-state index in [-0.39, 0.29) is 0 Å². The zero-order chi connectivity index (χ0) is 27.1. The third-order valence-electron chi connectivity index (χ3n) is 6.82. The van der Waals surface area contributed by atoms with Crippen LogP contribution in [-0.2, 0) is 0 Å². The Kier molecular flexibility index (Phi) is 5.70. The van der Waals surface area contributed by atoms with Crippen molar-refractivity contribution in [1.29, 1.82) is 0 Å². The van der Waals surface area contributed by atoms with E-state index in [1.807, 2.05) is 128 Å². The summed E-state index contributed by atoms with van der Waals surface area (Å²) in [4.78, 5) is 33.2. The SMILES string of the molecule is Cc1ccccc1C1=NC2=NC(c3ccccc3C)=NC3=NC(N(c4ccccc4)c4ccccc4)=NC(=N1)N23. The van der Waals surface area contributed by atoms with Crippen molar-refractivity contribution in [2.45, 2.75) is 13.8 Å². The van der Waals surface area contributed by atoms with Gasteiger partial charge in [0.25, 0.3) is 0 Å². The van der Waals surface area contributed by atoms with Gasteiger partial charge in [-0.05, 0) is 49.2 Å². The molecule has 3 aliphatic heterocycles. The first-order chi connectivity index (χ1) is 19.7. The zero-order valence-electron chi connectivity index (χ0n) is 22.0. The van der Waals surface area contributed by atoms with Gasteiger partial charge in [0.05, 0.1) is 0 Å². The largest absolute Gasteiger partial charge is 0.279 e. The number of guanidine groups is 4. The minimum Gasteiger partial charge on any atom is -0.279 e. The van der Waals surface area contributed by atoms with Crippen LogP contribution in [0, 0.1) is 13.8 Å². The molecule has 0 fully saturated rings. The molecule has 0 saturated carbocycles. The zero-order valence-corrected chi connectivity index (χ0v) is 22.0. The average molecular weight is 521 g/mol. The normalized spacial score (nSPS) is 15.6. The number of para-hydroxylation sites is 2. The second-order valence-corrected chi connectivity index (χ2v) is 9.49. The van der Waals surface area contributed by atoms with Gasteiger partial charge in [0.15, 0.2) is 11.7 Å². The first-order valence-corrected chi connectivity index (χ1v) is 13.0. The molecular formula is C32H24N8. The summed E-state index contributed by atoms with van der Waals surface area (Å²) in [7, 11) is 0. The van der Waals surface area contributed by atoms with Crippen LogP contribution in [0.1, 0.15) is 22.3 Å². The van der Waals surface area contributed by atoms with Crippen LogP contribution in [0.3, 0.4) is 0 Å². The monoisotopic (exact) mass is 520 g/mol. The minimum absolute atomic E-state index is 0.413. The Hall–Kier alpha value is -5.50. The molecule has 7 rings (SSSR count). The Morgan fingerprint density at radius 3 is 1.38 bits per heavy atom. The van der Waals surface area contributed by atoms with Gasteiger partial charge in [0, 0.05) is 22.5 Å². The Morgan fingerprint density at radius 1 is 0.450 bits per heavy atom. The molecule has 0 aromatic heterocycles. The summed E-state index contributed by atoms with van der Waals surface area (Å²) in [5, 5.41) is 0. The van der Waals surface area contributed by atoms with E-state index < -0.39 is 0 Å². The van der Waals surface area contributed by atoms with Gasteiger partial charge in [-0.3, -0.25) is 4.90 Å². The molecule has 3 heterocycles. The highest BCUT2D eigenvalue weighted by atomic mass is 15.5. The molecular weight excluding hydrogens is 496 g/mol. The second-order valence-electron chi connectivity index (χ2n) is 9.49. The number of amidine groups is 2. The molecule has 0 amide bonds. The minimum atomic E-state index is 0.413. The molecule has 8 nitrogen and oxygen atoms in total. The highest BCUT2D eigenvalue weighted by molar-refractivity contribution is 6.34. The molecule has 192 valence electrons. The predicted octanol–water partition coefficient (Wildman–Crippen LogP) is 6.10. The third-order valence-corrected chi connectivity index (χ3v) is 6.82. The van der Waals surface area contributed by atoms with Crippen molar-refractivity contribution < 1.29 is 0 Å². The fraction of sp³-hybridized carbons (Fsp3) is 0.0625. The van der Waals surface area contributed by atoms with Crippen molar-refractivity contribution in [3.8, 4) is 0 Å². The predicted molar refractivity (Wildman–Crippen MR) is 162 cm³/mol. The lowest BCUT2D eigenvalue weighted by Crippen LogP contribution is -2.49. The summed E-state index contributed by atoms with van der Waals surface area (Å²) in [6.45, 7) is 4.09. The molecule has 0 N–H and O–H groups in total. The highest BCUT2D eigenvalue weighted by Gasteiger charge is 2.37. The molecule has 0 unspecified atom stereocenters. The number of rotatable bonds is 4. The van der Waals surface area contributed by atoms with Crippen molar-refractivity contribution in [3.63, 3.8) is 0 Å². The van der Waals surface area contributed by atoms with Crippen molar-refractivity contribution in [1.82, 2.24) is 4.90 Å². The van der Waals surface area contributed by atoms with E-state index in [1.54, 1.807) is 4.90 Å². The first-order valence-electron chi connectivity index (χ1n) is 13.0. The molecule has 0 bridgehead atoms. The summed E-state index contributed by atoms with van der Waals surface area (Å²) in [6.07, 6.45) is 0. The van der Waals surface area contributed by atoms with E-state index in [1.165, 1.54) is 0 Å². The van der Waals surface area contributed by atoms with Crippen LogP contribution in [0.4, 0.5) is 11.4 Å². The quantitative estimate of drug-likeness (QED) is 0.326. The number of anilines is 2. The van der Waals surface area contributed by atoms with Gasteiger partial charge in [-0.2, -0.15) is 30.0 Å². The van der Waals surface area contributed by atoms with Crippen LogP contribution in [-0.4, -0.2) is 40.4 Å². The summed E-state index contributed by atoms with van der Waals surface area (Å²) in [5.74, 6) is 2.80. The average Bonchev–Trinajstić information content (AvgIpc) is 2.98.